The summed E-state index contributed by atoms with van der Waals surface area (Å²) in [4.78, 5) is 12.0. The first-order valence-corrected chi connectivity index (χ1v) is 8.09. The topological polar surface area (TPSA) is 70.6 Å². The van der Waals surface area contributed by atoms with Crippen LogP contribution in [0.1, 0.15) is 23.6 Å². The molecule has 0 spiro atoms. The Morgan fingerprint density at radius 3 is 2.50 bits per heavy atom. The van der Waals surface area contributed by atoms with Crippen molar-refractivity contribution in [1.82, 2.24) is 5.32 Å². The molecule has 0 saturated heterocycles. The number of ether oxygens (including phenoxy) is 1. The number of nitrogens with one attached hydrogen (secondary N) is 2. The van der Waals surface area contributed by atoms with E-state index >= 15 is 0 Å². The quantitative estimate of drug-likeness (QED) is 0.731. The number of carbonyl (C=O) groups excluding carboxylic acids is 1. The van der Waals surface area contributed by atoms with E-state index in [2.05, 4.69) is 10.6 Å². The highest BCUT2D eigenvalue weighted by Gasteiger charge is 2.07. The second kappa shape index (κ2) is 8.93. The third kappa shape index (κ3) is 5.28. The Labute approximate surface area is 142 Å². The van der Waals surface area contributed by atoms with Crippen molar-refractivity contribution in [1.29, 1.82) is 0 Å². The van der Waals surface area contributed by atoms with Gasteiger partial charge < -0.3 is 20.5 Å². The van der Waals surface area contributed by atoms with E-state index in [1.165, 1.54) is 0 Å². The minimum absolute atomic E-state index is 0.0413. The molecule has 0 bridgehead atoms. The van der Waals surface area contributed by atoms with Crippen molar-refractivity contribution in [2.75, 3.05) is 18.5 Å². The summed E-state index contributed by atoms with van der Waals surface area (Å²) in [6.07, 6.45) is 0.728. The number of hydrogen-bond donors (Lipinski definition) is 3. The molecule has 0 heterocycles. The standard InChI is InChI=1S/C19H24N2O3/c1-3-24-18-12-14(2)4-9-17(18)21-19(23)20-11-10-15-5-7-16(13-22)8-6-15/h4-9,12,22H,3,10-11,13H2,1-2H3,(H2,20,21,23). The highest BCUT2D eigenvalue weighted by atomic mass is 16.5. The Hall–Kier alpha value is -2.53. The lowest BCUT2D eigenvalue weighted by Gasteiger charge is -2.13. The molecule has 5 heteroatoms. The van der Waals surface area contributed by atoms with Crippen molar-refractivity contribution in [3.05, 3.63) is 59.2 Å². The lowest BCUT2D eigenvalue weighted by molar-refractivity contribution is 0.252. The summed E-state index contributed by atoms with van der Waals surface area (Å²) in [5.74, 6) is 0.673. The van der Waals surface area contributed by atoms with Gasteiger partial charge in [0.25, 0.3) is 0 Å². The molecule has 0 atom stereocenters. The third-order valence-corrected chi connectivity index (χ3v) is 3.59. The number of anilines is 1. The minimum Gasteiger partial charge on any atom is -0.492 e. The summed E-state index contributed by atoms with van der Waals surface area (Å²) in [5.41, 5.74) is 3.73. The number of hydrogen-bond acceptors (Lipinski definition) is 3. The van der Waals surface area contributed by atoms with Gasteiger partial charge in [0.15, 0.2) is 0 Å². The van der Waals surface area contributed by atoms with Crippen LogP contribution in [0.15, 0.2) is 42.5 Å². The second-order valence-electron chi connectivity index (χ2n) is 5.54. The number of aliphatic hydroxyl groups is 1. The number of benzene rings is 2. The highest BCUT2D eigenvalue weighted by molar-refractivity contribution is 5.90. The Morgan fingerprint density at radius 2 is 1.83 bits per heavy atom. The maximum Gasteiger partial charge on any atom is 0.319 e. The first-order chi connectivity index (χ1) is 11.6. The van der Waals surface area contributed by atoms with Crippen molar-refractivity contribution in [2.45, 2.75) is 26.9 Å². The van der Waals surface area contributed by atoms with E-state index in [-0.39, 0.29) is 12.6 Å². The van der Waals surface area contributed by atoms with Gasteiger partial charge in [0.2, 0.25) is 0 Å². The Bertz CT molecular complexity index is 669. The second-order valence-corrected chi connectivity index (χ2v) is 5.54. The van der Waals surface area contributed by atoms with Crippen molar-refractivity contribution in [2.24, 2.45) is 0 Å². The minimum atomic E-state index is -0.258. The summed E-state index contributed by atoms with van der Waals surface area (Å²) in [6.45, 7) is 5.01. The van der Waals surface area contributed by atoms with Crippen LogP contribution in [0.5, 0.6) is 5.75 Å². The van der Waals surface area contributed by atoms with E-state index in [1.807, 2.05) is 56.3 Å². The van der Waals surface area contributed by atoms with E-state index in [1.54, 1.807) is 0 Å². The molecular formula is C19H24N2O3. The number of aryl methyl sites for hydroxylation is 1. The number of amides is 2. The molecule has 3 N–H and O–H groups in total. The predicted octanol–water partition coefficient (Wildman–Crippen LogP) is 3.25. The van der Waals surface area contributed by atoms with E-state index in [0.717, 1.165) is 23.1 Å². The van der Waals surface area contributed by atoms with Crippen LogP contribution in [0.3, 0.4) is 0 Å². The zero-order chi connectivity index (χ0) is 17.4. The fourth-order valence-electron chi connectivity index (χ4n) is 2.31. The highest BCUT2D eigenvalue weighted by Crippen LogP contribution is 2.25. The zero-order valence-electron chi connectivity index (χ0n) is 14.1. The molecule has 2 rings (SSSR count). The molecule has 0 unspecified atom stereocenters. The molecule has 0 fully saturated rings. The smallest absolute Gasteiger partial charge is 0.319 e. The van der Waals surface area contributed by atoms with Crippen LogP contribution in [0.4, 0.5) is 10.5 Å². The summed E-state index contributed by atoms with van der Waals surface area (Å²) >= 11 is 0. The van der Waals surface area contributed by atoms with Gasteiger partial charge in [0.1, 0.15) is 5.75 Å². The maximum absolute atomic E-state index is 12.0. The lowest BCUT2D eigenvalue weighted by Crippen LogP contribution is -2.30. The van der Waals surface area contributed by atoms with E-state index in [4.69, 9.17) is 9.84 Å². The van der Waals surface area contributed by atoms with Crippen LogP contribution in [-0.2, 0) is 13.0 Å². The molecule has 0 aromatic heterocycles. The van der Waals surface area contributed by atoms with Crippen molar-refractivity contribution >= 4 is 11.7 Å². The molecule has 128 valence electrons. The summed E-state index contributed by atoms with van der Waals surface area (Å²) in [5, 5.41) is 14.7. The summed E-state index contributed by atoms with van der Waals surface area (Å²) < 4.78 is 5.55. The predicted molar refractivity (Wildman–Crippen MR) is 95.4 cm³/mol. The van der Waals surface area contributed by atoms with Crippen LogP contribution in [0.2, 0.25) is 0 Å². The maximum atomic E-state index is 12.0. The number of rotatable bonds is 7. The fourth-order valence-corrected chi connectivity index (χ4v) is 2.31. The van der Waals surface area contributed by atoms with Crippen LogP contribution in [0.25, 0.3) is 0 Å². The van der Waals surface area contributed by atoms with Crippen molar-refractivity contribution < 1.29 is 14.6 Å². The molecule has 2 amide bonds. The molecule has 2 aromatic carbocycles. The van der Waals surface area contributed by atoms with Gasteiger partial charge >= 0.3 is 6.03 Å². The number of aliphatic hydroxyl groups excluding tert-OH is 1. The average Bonchev–Trinajstić information content (AvgIpc) is 2.58. The molecule has 2 aromatic rings. The Morgan fingerprint density at radius 1 is 1.12 bits per heavy atom. The monoisotopic (exact) mass is 328 g/mol. The molecule has 5 nitrogen and oxygen atoms in total. The van der Waals surface area contributed by atoms with Crippen LogP contribution in [0, 0.1) is 6.92 Å². The van der Waals surface area contributed by atoms with Gasteiger partial charge in [-0.3, -0.25) is 0 Å². The molecular weight excluding hydrogens is 304 g/mol. The molecule has 0 aliphatic heterocycles. The van der Waals surface area contributed by atoms with E-state index in [0.29, 0.717) is 24.6 Å². The summed E-state index contributed by atoms with van der Waals surface area (Å²) in [7, 11) is 0. The van der Waals surface area contributed by atoms with Crippen LogP contribution < -0.4 is 15.4 Å². The Kier molecular flexibility index (Phi) is 6.63. The number of carbonyl (C=O) groups is 1. The molecule has 24 heavy (non-hydrogen) atoms. The Balaban J connectivity index is 1.84. The lowest BCUT2D eigenvalue weighted by atomic mass is 10.1. The average molecular weight is 328 g/mol. The van der Waals surface area contributed by atoms with Gasteiger partial charge in [-0.15, -0.1) is 0 Å². The fraction of sp³-hybridized carbons (Fsp3) is 0.316. The molecule has 0 saturated carbocycles. The SMILES string of the molecule is CCOc1cc(C)ccc1NC(=O)NCCc1ccc(CO)cc1. The molecule has 0 aliphatic rings. The zero-order valence-corrected chi connectivity index (χ0v) is 14.1. The molecule has 0 aliphatic carbocycles. The van der Waals surface area contributed by atoms with Gasteiger partial charge in [-0.1, -0.05) is 30.3 Å². The third-order valence-electron chi connectivity index (χ3n) is 3.59. The van der Waals surface area contributed by atoms with Crippen LogP contribution >= 0.6 is 0 Å². The van der Waals surface area contributed by atoms with Crippen LogP contribution in [-0.4, -0.2) is 24.3 Å². The molecule has 0 radical (unpaired) electrons. The first kappa shape index (κ1) is 17.8. The van der Waals surface area contributed by atoms with Gasteiger partial charge in [-0.2, -0.15) is 0 Å². The number of urea groups is 1. The van der Waals surface area contributed by atoms with E-state index < -0.39 is 0 Å². The normalized spacial score (nSPS) is 10.3. The van der Waals surface area contributed by atoms with Crippen molar-refractivity contribution in [3.8, 4) is 5.75 Å². The van der Waals surface area contributed by atoms with E-state index in [9.17, 15) is 4.79 Å². The van der Waals surface area contributed by atoms with Gasteiger partial charge in [0, 0.05) is 6.54 Å². The van der Waals surface area contributed by atoms with Gasteiger partial charge in [0.05, 0.1) is 18.9 Å². The van der Waals surface area contributed by atoms with Gasteiger partial charge in [-0.25, -0.2) is 4.79 Å². The van der Waals surface area contributed by atoms with Crippen molar-refractivity contribution in [3.63, 3.8) is 0 Å². The van der Waals surface area contributed by atoms with Gasteiger partial charge in [-0.05, 0) is 49.1 Å². The first-order valence-electron chi connectivity index (χ1n) is 8.09. The largest absolute Gasteiger partial charge is 0.492 e. The summed E-state index contributed by atoms with van der Waals surface area (Å²) in [6, 6.07) is 13.1.